The second kappa shape index (κ2) is 10.8. The molecule has 0 saturated carbocycles. The lowest BCUT2D eigenvalue weighted by atomic mass is 9.94. The zero-order valence-electron chi connectivity index (χ0n) is 18.4. The van der Waals surface area contributed by atoms with Crippen LogP contribution < -0.4 is 10.6 Å². The van der Waals surface area contributed by atoms with Gasteiger partial charge in [-0.1, -0.05) is 6.92 Å². The van der Waals surface area contributed by atoms with Crippen molar-refractivity contribution >= 4 is 44.4 Å². The van der Waals surface area contributed by atoms with E-state index in [1.165, 1.54) is 29.8 Å². The average Bonchev–Trinajstić information content (AvgIpc) is 3.46. The molecule has 0 unspecified atom stereocenters. The van der Waals surface area contributed by atoms with E-state index in [-0.39, 0.29) is 24.1 Å². The van der Waals surface area contributed by atoms with Crippen LogP contribution in [0, 0.1) is 0 Å². The molecule has 2 N–H and O–H groups in total. The maximum absolute atomic E-state index is 12.2. The van der Waals surface area contributed by atoms with Crippen molar-refractivity contribution in [3.63, 3.8) is 0 Å². The minimum atomic E-state index is -3.48. The Labute approximate surface area is 196 Å². The van der Waals surface area contributed by atoms with E-state index in [1.54, 1.807) is 4.90 Å². The molecule has 1 fully saturated rings. The van der Waals surface area contributed by atoms with Gasteiger partial charge in [-0.2, -0.15) is 0 Å². The number of ether oxygens (including phenoxy) is 1. The van der Waals surface area contributed by atoms with Gasteiger partial charge >= 0.3 is 6.09 Å². The van der Waals surface area contributed by atoms with Crippen LogP contribution in [-0.2, 0) is 19.6 Å². The fourth-order valence-electron chi connectivity index (χ4n) is 3.31. The zero-order valence-corrected chi connectivity index (χ0v) is 20.1. The molecule has 180 valence electrons. The molecule has 2 aromatic heterocycles. The summed E-state index contributed by atoms with van der Waals surface area (Å²) in [6, 6.07) is 1.36. The molecule has 13 heteroatoms. The van der Waals surface area contributed by atoms with Gasteiger partial charge in [0.05, 0.1) is 30.7 Å². The van der Waals surface area contributed by atoms with Crippen molar-refractivity contribution in [2.24, 2.45) is 0 Å². The summed E-state index contributed by atoms with van der Waals surface area (Å²) in [6.45, 7) is 3.28. The Balaban J connectivity index is 1.45. The van der Waals surface area contributed by atoms with Gasteiger partial charge in [0.1, 0.15) is 0 Å². The highest BCUT2D eigenvalue weighted by Gasteiger charge is 2.26. The van der Waals surface area contributed by atoms with Gasteiger partial charge in [0.25, 0.3) is 5.91 Å². The van der Waals surface area contributed by atoms with Crippen molar-refractivity contribution in [3.05, 3.63) is 35.1 Å². The first-order valence-corrected chi connectivity index (χ1v) is 13.2. The van der Waals surface area contributed by atoms with Crippen LogP contribution in [0.15, 0.2) is 23.8 Å². The summed E-state index contributed by atoms with van der Waals surface area (Å²) in [7, 11) is -3.48. The number of anilines is 1. The molecule has 2 aromatic rings. The van der Waals surface area contributed by atoms with Crippen molar-refractivity contribution in [1.82, 2.24) is 19.2 Å². The van der Waals surface area contributed by atoms with Gasteiger partial charge in [-0.3, -0.25) is 13.6 Å². The van der Waals surface area contributed by atoms with Crippen molar-refractivity contribution in [1.29, 1.82) is 0 Å². The van der Waals surface area contributed by atoms with E-state index in [4.69, 9.17) is 4.74 Å². The number of amides is 3. The summed E-state index contributed by atoms with van der Waals surface area (Å²) in [5, 5.41) is 7.42. The number of nitrogens with one attached hydrogen (secondary N) is 2. The molecule has 0 spiro atoms. The van der Waals surface area contributed by atoms with Crippen LogP contribution in [0.1, 0.15) is 48.2 Å². The molecule has 11 nitrogen and oxygen atoms in total. The molecule has 33 heavy (non-hydrogen) atoms. The molecule has 3 rings (SSSR count). The van der Waals surface area contributed by atoms with Gasteiger partial charge in [-0.25, -0.2) is 18.2 Å². The van der Waals surface area contributed by atoms with E-state index >= 15 is 0 Å². The largest absolute Gasteiger partial charge is 0.449 e. The number of piperidine rings is 1. The zero-order chi connectivity index (χ0) is 24.0. The Morgan fingerprint density at radius 3 is 2.64 bits per heavy atom. The molecule has 1 aliphatic rings. The van der Waals surface area contributed by atoms with Crippen LogP contribution in [0.4, 0.5) is 9.93 Å². The quantitative estimate of drug-likeness (QED) is 0.567. The lowest BCUT2D eigenvalue weighted by molar-refractivity contribution is -0.115. The molecule has 0 atom stereocenters. The normalized spacial score (nSPS) is 14.7. The third-order valence-electron chi connectivity index (χ3n) is 5.09. The predicted octanol–water partition coefficient (Wildman–Crippen LogP) is 1.85. The number of carbonyl (C=O) groups is 3. The molecule has 1 aliphatic heterocycles. The minimum absolute atomic E-state index is 0.134. The molecular formula is C20H27N5O6S2. The number of aromatic nitrogens is 2. The summed E-state index contributed by atoms with van der Waals surface area (Å²) in [5.41, 5.74) is 0.998. The van der Waals surface area contributed by atoms with Gasteiger partial charge < -0.3 is 20.3 Å². The predicted molar refractivity (Wildman–Crippen MR) is 123 cm³/mol. The van der Waals surface area contributed by atoms with Gasteiger partial charge in [-0.05, 0) is 25.3 Å². The fourth-order valence-corrected chi connectivity index (χ4v) is 4.71. The van der Waals surface area contributed by atoms with Crippen molar-refractivity contribution in [3.8, 4) is 0 Å². The number of thiazole rings is 1. The smallest absolute Gasteiger partial charge is 0.409 e. The van der Waals surface area contributed by atoms with Gasteiger partial charge in [0.2, 0.25) is 15.9 Å². The second-order valence-electron chi connectivity index (χ2n) is 7.68. The molecule has 1 saturated heterocycles. The first kappa shape index (κ1) is 24.7. The molecule has 0 radical (unpaired) electrons. The van der Waals surface area contributed by atoms with Gasteiger partial charge in [0, 0.05) is 36.8 Å². The monoisotopic (exact) mass is 497 g/mol. The Morgan fingerprint density at radius 2 is 2.00 bits per heavy atom. The summed E-state index contributed by atoms with van der Waals surface area (Å²) < 4.78 is 29.1. The van der Waals surface area contributed by atoms with Gasteiger partial charge in [-0.15, -0.1) is 11.3 Å². The molecule has 0 aromatic carbocycles. The third-order valence-corrected chi connectivity index (χ3v) is 6.86. The molecular weight excluding hydrogens is 470 g/mol. The molecule has 0 bridgehead atoms. The second-order valence-corrected chi connectivity index (χ2v) is 10.4. The maximum Gasteiger partial charge on any atom is 0.409 e. The summed E-state index contributed by atoms with van der Waals surface area (Å²) in [4.78, 5) is 42.5. The summed E-state index contributed by atoms with van der Waals surface area (Å²) in [5.74, 6) is -0.808. The lowest BCUT2D eigenvalue weighted by Crippen LogP contribution is -2.38. The average molecular weight is 498 g/mol. The van der Waals surface area contributed by atoms with E-state index in [9.17, 15) is 22.8 Å². The molecule has 0 aliphatic carbocycles. The van der Waals surface area contributed by atoms with E-state index in [1.807, 2.05) is 12.3 Å². The third kappa shape index (κ3) is 6.78. The van der Waals surface area contributed by atoms with Crippen LogP contribution in [0.3, 0.4) is 0 Å². The molecule has 3 heterocycles. The van der Waals surface area contributed by atoms with E-state index in [0.717, 1.165) is 35.2 Å². The standard InChI is InChI=1S/C20H27N5O6S2/c1-3-10-31-20(28)24-7-4-14(5-8-24)16-13-32-19(22-16)23-17(26)11-21-18(27)15-6-9-25(12-15)33(2,29)30/h6,9,12-14H,3-5,7-8,10-11H2,1-2H3,(H,21,27)(H,22,23,26). The number of hydrogen-bond donors (Lipinski definition) is 2. The Kier molecular flexibility index (Phi) is 8.08. The van der Waals surface area contributed by atoms with Crippen LogP contribution in [0.2, 0.25) is 0 Å². The number of hydrogen-bond acceptors (Lipinski definition) is 8. The van der Waals surface area contributed by atoms with Crippen LogP contribution in [-0.4, -0.2) is 72.7 Å². The topological polar surface area (TPSA) is 140 Å². The van der Waals surface area contributed by atoms with E-state index in [0.29, 0.717) is 24.8 Å². The van der Waals surface area contributed by atoms with E-state index in [2.05, 4.69) is 15.6 Å². The van der Waals surface area contributed by atoms with Crippen LogP contribution in [0.25, 0.3) is 0 Å². The SMILES string of the molecule is CCCOC(=O)N1CCC(c2csc(NC(=O)CNC(=O)c3ccn(S(C)(=O)=O)c3)n2)CC1. The molecule has 3 amide bonds. The van der Waals surface area contributed by atoms with Crippen molar-refractivity contribution in [2.75, 3.05) is 37.8 Å². The summed E-state index contributed by atoms with van der Waals surface area (Å²) >= 11 is 1.30. The number of likely N-dealkylation sites (tertiary alicyclic amines) is 1. The van der Waals surface area contributed by atoms with Crippen LogP contribution >= 0.6 is 11.3 Å². The maximum atomic E-state index is 12.2. The number of nitrogens with zero attached hydrogens (tertiary/aromatic N) is 3. The Hall–Kier alpha value is -2.93. The number of carbonyl (C=O) groups excluding carboxylic acids is 3. The van der Waals surface area contributed by atoms with Gasteiger partial charge in [0.15, 0.2) is 5.13 Å². The van der Waals surface area contributed by atoms with Crippen molar-refractivity contribution < 1.29 is 27.5 Å². The first-order chi connectivity index (χ1) is 15.7. The number of rotatable bonds is 8. The Bertz CT molecular complexity index is 1100. The first-order valence-electron chi connectivity index (χ1n) is 10.5. The highest BCUT2D eigenvalue weighted by molar-refractivity contribution is 7.89. The van der Waals surface area contributed by atoms with Crippen molar-refractivity contribution in [2.45, 2.75) is 32.1 Å². The Morgan fingerprint density at radius 1 is 1.27 bits per heavy atom. The lowest BCUT2D eigenvalue weighted by Gasteiger charge is -2.30. The fraction of sp³-hybridized carbons (Fsp3) is 0.500. The highest BCUT2D eigenvalue weighted by Crippen LogP contribution is 2.30. The van der Waals surface area contributed by atoms with Crippen LogP contribution in [0.5, 0.6) is 0 Å². The van der Waals surface area contributed by atoms with E-state index < -0.39 is 21.8 Å². The highest BCUT2D eigenvalue weighted by atomic mass is 32.2. The summed E-state index contributed by atoms with van der Waals surface area (Å²) in [6.07, 6.45) is 5.51. The minimum Gasteiger partial charge on any atom is -0.449 e.